The topological polar surface area (TPSA) is 66.6 Å². The first kappa shape index (κ1) is 19.0. The van der Waals surface area contributed by atoms with Gasteiger partial charge in [0, 0.05) is 31.2 Å². The molecule has 1 aliphatic heterocycles. The highest BCUT2D eigenvalue weighted by atomic mass is 35.5. The molecule has 132 valence electrons. The molecular formula is C17H23Cl2N3O2. The first-order chi connectivity index (χ1) is 11.3. The number of hydrogen-bond donors (Lipinski definition) is 1. The van der Waals surface area contributed by atoms with Crippen LogP contribution >= 0.6 is 23.2 Å². The quantitative estimate of drug-likeness (QED) is 0.884. The molecule has 0 spiro atoms. The van der Waals surface area contributed by atoms with Gasteiger partial charge in [0.1, 0.15) is 0 Å². The van der Waals surface area contributed by atoms with E-state index in [1.165, 1.54) is 0 Å². The molecule has 1 aliphatic rings. The van der Waals surface area contributed by atoms with Crippen LogP contribution in [0.1, 0.15) is 30.6 Å². The van der Waals surface area contributed by atoms with E-state index in [0.717, 1.165) is 6.42 Å². The highest BCUT2D eigenvalue weighted by Gasteiger charge is 2.29. The van der Waals surface area contributed by atoms with Crippen molar-refractivity contribution in [3.8, 4) is 0 Å². The smallest absolute Gasteiger partial charge is 0.255 e. The van der Waals surface area contributed by atoms with E-state index >= 15 is 0 Å². The van der Waals surface area contributed by atoms with E-state index in [0.29, 0.717) is 41.8 Å². The van der Waals surface area contributed by atoms with E-state index in [1.807, 2.05) is 13.8 Å². The highest BCUT2D eigenvalue weighted by Crippen LogP contribution is 2.23. The molecule has 2 amide bonds. The Balaban J connectivity index is 1.97. The molecule has 1 heterocycles. The molecule has 2 unspecified atom stereocenters. The van der Waals surface area contributed by atoms with Gasteiger partial charge in [0.25, 0.3) is 5.91 Å². The molecule has 0 radical (unpaired) electrons. The largest absolute Gasteiger partial charge is 0.338 e. The zero-order valence-corrected chi connectivity index (χ0v) is 15.5. The molecule has 1 saturated heterocycles. The maximum atomic E-state index is 12.6. The van der Waals surface area contributed by atoms with Gasteiger partial charge >= 0.3 is 0 Å². The van der Waals surface area contributed by atoms with Gasteiger partial charge in [0.15, 0.2) is 0 Å². The predicted molar refractivity (Wildman–Crippen MR) is 96.4 cm³/mol. The number of carbonyl (C=O) groups excluding carboxylic acids is 2. The van der Waals surface area contributed by atoms with Crippen LogP contribution in [0.15, 0.2) is 18.2 Å². The van der Waals surface area contributed by atoms with Gasteiger partial charge in [-0.1, -0.05) is 43.5 Å². The lowest BCUT2D eigenvalue weighted by Crippen LogP contribution is -2.55. The summed E-state index contributed by atoms with van der Waals surface area (Å²) in [6.07, 6.45) is 0.862. The normalized spacial score (nSPS) is 17.5. The summed E-state index contributed by atoms with van der Waals surface area (Å²) in [5.74, 6) is -0.0407. The van der Waals surface area contributed by atoms with Crippen LogP contribution in [0.4, 0.5) is 0 Å². The van der Waals surface area contributed by atoms with Crippen molar-refractivity contribution in [2.45, 2.75) is 26.3 Å². The Morgan fingerprint density at radius 1 is 1.17 bits per heavy atom. The second-order valence-electron chi connectivity index (χ2n) is 6.15. The number of hydrogen-bond acceptors (Lipinski definition) is 3. The van der Waals surface area contributed by atoms with E-state index in [9.17, 15) is 9.59 Å². The fourth-order valence-electron chi connectivity index (χ4n) is 2.67. The minimum atomic E-state index is -0.483. The molecule has 5 nitrogen and oxygen atoms in total. The summed E-state index contributed by atoms with van der Waals surface area (Å²) in [6.45, 7) is 5.91. The van der Waals surface area contributed by atoms with Crippen LogP contribution in [-0.2, 0) is 4.79 Å². The van der Waals surface area contributed by atoms with Crippen molar-refractivity contribution < 1.29 is 9.59 Å². The Hall–Kier alpha value is -1.30. The van der Waals surface area contributed by atoms with Crippen molar-refractivity contribution in [3.05, 3.63) is 33.8 Å². The molecule has 1 fully saturated rings. The predicted octanol–water partition coefficient (Wildman–Crippen LogP) is 2.65. The molecule has 0 bridgehead atoms. The maximum Gasteiger partial charge on any atom is 0.255 e. The van der Waals surface area contributed by atoms with Crippen molar-refractivity contribution in [2.24, 2.45) is 11.7 Å². The van der Waals surface area contributed by atoms with E-state index in [1.54, 1.807) is 28.0 Å². The zero-order chi connectivity index (χ0) is 17.9. The van der Waals surface area contributed by atoms with Gasteiger partial charge in [-0.15, -0.1) is 0 Å². The molecular weight excluding hydrogens is 349 g/mol. The van der Waals surface area contributed by atoms with Crippen LogP contribution in [0.5, 0.6) is 0 Å². The van der Waals surface area contributed by atoms with E-state index in [-0.39, 0.29) is 17.7 Å². The molecule has 1 aromatic carbocycles. The Morgan fingerprint density at radius 2 is 1.75 bits per heavy atom. The summed E-state index contributed by atoms with van der Waals surface area (Å²) >= 11 is 12.0. The number of nitrogens with zero attached hydrogens (tertiary/aromatic N) is 2. The lowest BCUT2D eigenvalue weighted by atomic mass is 9.98. The highest BCUT2D eigenvalue weighted by molar-refractivity contribution is 6.36. The number of halogens is 2. The third kappa shape index (κ3) is 4.21. The van der Waals surface area contributed by atoms with Crippen LogP contribution in [0, 0.1) is 5.92 Å². The van der Waals surface area contributed by atoms with E-state index in [2.05, 4.69) is 0 Å². The summed E-state index contributed by atoms with van der Waals surface area (Å²) in [4.78, 5) is 28.4. The molecule has 2 rings (SSSR count). The number of piperazine rings is 1. The lowest BCUT2D eigenvalue weighted by Gasteiger charge is -2.36. The summed E-state index contributed by atoms with van der Waals surface area (Å²) in [5, 5.41) is 0.829. The number of nitrogens with two attached hydrogens (primary N) is 1. The van der Waals surface area contributed by atoms with E-state index < -0.39 is 6.04 Å². The first-order valence-corrected chi connectivity index (χ1v) is 8.89. The fraction of sp³-hybridized carbons (Fsp3) is 0.529. The van der Waals surface area contributed by atoms with Crippen molar-refractivity contribution in [1.82, 2.24) is 9.80 Å². The van der Waals surface area contributed by atoms with Crippen molar-refractivity contribution in [2.75, 3.05) is 26.2 Å². The molecule has 2 atom stereocenters. The Bertz CT molecular complexity index is 616. The molecule has 0 aliphatic carbocycles. The molecule has 0 aromatic heterocycles. The van der Waals surface area contributed by atoms with Gasteiger partial charge in [-0.2, -0.15) is 0 Å². The van der Waals surface area contributed by atoms with Crippen molar-refractivity contribution in [1.29, 1.82) is 0 Å². The lowest BCUT2D eigenvalue weighted by molar-refractivity contribution is -0.135. The minimum absolute atomic E-state index is 0.0408. The Morgan fingerprint density at radius 3 is 2.29 bits per heavy atom. The standard InChI is InChI=1S/C17H23Cl2N3O2/c1-3-11(2)15(20)17(24)22-8-6-21(7-9-22)16(23)13-5-4-12(18)10-14(13)19/h4-5,10-11,15H,3,6-9,20H2,1-2H3. The number of carbonyl (C=O) groups is 2. The second kappa shape index (κ2) is 8.19. The Kier molecular flexibility index (Phi) is 6.49. The summed E-state index contributed by atoms with van der Waals surface area (Å²) < 4.78 is 0. The number of rotatable bonds is 4. The van der Waals surface area contributed by atoms with E-state index in [4.69, 9.17) is 28.9 Å². The average molecular weight is 372 g/mol. The zero-order valence-electron chi connectivity index (χ0n) is 14.0. The van der Waals surface area contributed by atoms with Gasteiger partial charge in [-0.25, -0.2) is 0 Å². The fourth-order valence-corrected chi connectivity index (χ4v) is 3.16. The van der Waals surface area contributed by atoms with Gasteiger partial charge in [-0.05, 0) is 24.1 Å². The van der Waals surface area contributed by atoms with Crippen molar-refractivity contribution >= 4 is 35.0 Å². The van der Waals surface area contributed by atoms with Gasteiger partial charge in [-0.3, -0.25) is 9.59 Å². The first-order valence-electron chi connectivity index (χ1n) is 8.13. The van der Waals surface area contributed by atoms with Crippen LogP contribution in [0.3, 0.4) is 0 Å². The maximum absolute atomic E-state index is 12.6. The third-order valence-electron chi connectivity index (χ3n) is 4.58. The molecule has 2 N–H and O–H groups in total. The molecule has 24 heavy (non-hydrogen) atoms. The van der Waals surface area contributed by atoms with Gasteiger partial charge in [0.05, 0.1) is 16.6 Å². The van der Waals surface area contributed by atoms with Crippen molar-refractivity contribution in [3.63, 3.8) is 0 Å². The van der Waals surface area contributed by atoms with Crippen LogP contribution < -0.4 is 5.73 Å². The monoisotopic (exact) mass is 371 g/mol. The number of amides is 2. The average Bonchev–Trinajstić information content (AvgIpc) is 2.59. The third-order valence-corrected chi connectivity index (χ3v) is 5.13. The van der Waals surface area contributed by atoms with Gasteiger partial charge in [0.2, 0.25) is 5.91 Å². The minimum Gasteiger partial charge on any atom is -0.338 e. The molecule has 1 aromatic rings. The van der Waals surface area contributed by atoms with Gasteiger partial charge < -0.3 is 15.5 Å². The Labute approximate surface area is 152 Å². The SMILES string of the molecule is CCC(C)C(N)C(=O)N1CCN(C(=O)c2ccc(Cl)cc2Cl)CC1. The number of benzene rings is 1. The summed E-state index contributed by atoms with van der Waals surface area (Å²) in [5.41, 5.74) is 6.45. The summed E-state index contributed by atoms with van der Waals surface area (Å²) in [6, 6.07) is 4.35. The van der Waals surface area contributed by atoms with Crippen LogP contribution in [0.25, 0.3) is 0 Å². The second-order valence-corrected chi connectivity index (χ2v) is 7.00. The molecule has 0 saturated carbocycles. The van der Waals surface area contributed by atoms with Crippen LogP contribution in [0.2, 0.25) is 10.0 Å². The molecule has 7 heteroatoms. The van der Waals surface area contributed by atoms with Crippen LogP contribution in [-0.4, -0.2) is 53.8 Å². The summed E-state index contributed by atoms with van der Waals surface area (Å²) in [7, 11) is 0.